The zero-order valence-electron chi connectivity index (χ0n) is 7.80. The van der Waals surface area contributed by atoms with Crippen LogP contribution in [0.15, 0.2) is 0 Å². The van der Waals surface area contributed by atoms with Gasteiger partial charge in [-0.2, -0.15) is 5.26 Å². The molecule has 5 nitrogen and oxygen atoms in total. The topological polar surface area (TPSA) is 74.2 Å². The second kappa shape index (κ2) is 8.97. The molecule has 1 amide bonds. The fraction of sp³-hybridized carbons (Fsp3) is 0.750. The Bertz CT molecular complexity index is 177. The van der Waals surface area contributed by atoms with Crippen molar-refractivity contribution in [2.75, 3.05) is 33.4 Å². The van der Waals surface area contributed by atoms with E-state index in [-0.39, 0.29) is 12.5 Å². The highest BCUT2D eigenvalue weighted by Crippen LogP contribution is 1.76. The van der Waals surface area contributed by atoms with Gasteiger partial charge in [-0.15, -0.1) is 0 Å². The van der Waals surface area contributed by atoms with Crippen LogP contribution in [0.5, 0.6) is 0 Å². The summed E-state index contributed by atoms with van der Waals surface area (Å²) in [7, 11) is 1.82. The number of nitrogens with one attached hydrogen (secondary N) is 2. The summed E-state index contributed by atoms with van der Waals surface area (Å²) in [6, 6.07) is 1.93. The Balaban J connectivity index is 3.16. The van der Waals surface area contributed by atoms with Gasteiger partial charge in [0.25, 0.3) is 0 Å². The molecule has 0 heterocycles. The minimum atomic E-state index is -0.175. The van der Waals surface area contributed by atoms with Crippen LogP contribution in [0, 0.1) is 11.3 Å². The third-order valence-corrected chi connectivity index (χ3v) is 1.29. The van der Waals surface area contributed by atoms with E-state index >= 15 is 0 Å². The molecule has 13 heavy (non-hydrogen) atoms. The molecule has 2 N–H and O–H groups in total. The monoisotopic (exact) mass is 185 g/mol. The normalized spacial score (nSPS) is 9.23. The largest absolute Gasteiger partial charge is 0.370 e. The molecule has 74 valence electrons. The number of hydrogen-bond acceptors (Lipinski definition) is 4. The van der Waals surface area contributed by atoms with Crippen molar-refractivity contribution < 1.29 is 9.53 Å². The zero-order chi connectivity index (χ0) is 9.94. The van der Waals surface area contributed by atoms with E-state index < -0.39 is 0 Å². The maximum atomic E-state index is 10.9. The molecule has 0 unspecified atom stereocenters. The van der Waals surface area contributed by atoms with Crippen molar-refractivity contribution in [2.45, 2.75) is 6.42 Å². The van der Waals surface area contributed by atoms with Gasteiger partial charge in [-0.3, -0.25) is 4.79 Å². The van der Waals surface area contributed by atoms with Crippen molar-refractivity contribution in [2.24, 2.45) is 0 Å². The minimum absolute atomic E-state index is 0.0626. The van der Waals surface area contributed by atoms with Gasteiger partial charge >= 0.3 is 0 Å². The number of likely N-dealkylation sites (N-methyl/N-ethyl adjacent to an activating group) is 1. The molecule has 0 aliphatic carbocycles. The standard InChI is InChI=1S/C8H15N3O2/c1-10-5-6-13-7-8(12)11-4-2-3-9/h10H,2,4-7H2,1H3,(H,11,12). The van der Waals surface area contributed by atoms with Crippen LogP contribution in [0.25, 0.3) is 0 Å². The Morgan fingerprint density at radius 3 is 2.92 bits per heavy atom. The van der Waals surface area contributed by atoms with E-state index in [9.17, 15) is 4.79 Å². The van der Waals surface area contributed by atoms with Gasteiger partial charge in [-0.1, -0.05) is 0 Å². The molecule has 5 heteroatoms. The first-order valence-corrected chi connectivity index (χ1v) is 4.17. The predicted octanol–water partition coefficient (Wildman–Crippen LogP) is -0.748. The highest BCUT2D eigenvalue weighted by Gasteiger charge is 1.98. The average Bonchev–Trinajstić information content (AvgIpc) is 2.13. The molecule has 0 bridgehead atoms. The molecule has 0 saturated carbocycles. The molecule has 0 aromatic rings. The molecular weight excluding hydrogens is 170 g/mol. The number of nitrogens with zero attached hydrogens (tertiary/aromatic N) is 1. The molecule has 0 atom stereocenters. The van der Waals surface area contributed by atoms with Crippen LogP contribution in [0.3, 0.4) is 0 Å². The van der Waals surface area contributed by atoms with Crippen molar-refractivity contribution in [3.63, 3.8) is 0 Å². The lowest BCUT2D eigenvalue weighted by atomic mass is 10.4. The molecule has 0 aliphatic heterocycles. The Morgan fingerprint density at radius 1 is 1.54 bits per heavy atom. The summed E-state index contributed by atoms with van der Waals surface area (Å²) in [4.78, 5) is 10.9. The summed E-state index contributed by atoms with van der Waals surface area (Å²) in [5, 5.41) is 13.6. The molecule has 0 radical (unpaired) electrons. The van der Waals surface area contributed by atoms with Crippen molar-refractivity contribution in [1.29, 1.82) is 5.26 Å². The SMILES string of the molecule is CNCCOCC(=O)NCCC#N. The van der Waals surface area contributed by atoms with Gasteiger partial charge in [0.1, 0.15) is 6.61 Å². The number of hydrogen-bond donors (Lipinski definition) is 2. The van der Waals surface area contributed by atoms with Crippen molar-refractivity contribution in [3.8, 4) is 6.07 Å². The Morgan fingerprint density at radius 2 is 2.31 bits per heavy atom. The Hall–Kier alpha value is -1.12. The molecule has 0 rings (SSSR count). The third kappa shape index (κ3) is 8.79. The van der Waals surface area contributed by atoms with Gasteiger partial charge in [0.15, 0.2) is 0 Å². The summed E-state index contributed by atoms with van der Waals surface area (Å²) in [6.07, 6.45) is 0.336. The van der Waals surface area contributed by atoms with E-state index in [2.05, 4.69) is 10.6 Å². The second-order valence-corrected chi connectivity index (χ2v) is 2.41. The summed E-state index contributed by atoms with van der Waals surface area (Å²) >= 11 is 0. The lowest BCUT2D eigenvalue weighted by Gasteiger charge is -2.03. The molecular formula is C8H15N3O2. The van der Waals surface area contributed by atoms with Crippen LogP contribution in [-0.2, 0) is 9.53 Å². The van der Waals surface area contributed by atoms with E-state index in [1.54, 1.807) is 0 Å². The lowest BCUT2D eigenvalue weighted by molar-refractivity contribution is -0.125. The van der Waals surface area contributed by atoms with E-state index in [4.69, 9.17) is 10.00 Å². The third-order valence-electron chi connectivity index (χ3n) is 1.29. The van der Waals surface area contributed by atoms with E-state index in [0.717, 1.165) is 6.54 Å². The fourth-order valence-electron chi connectivity index (χ4n) is 0.648. The minimum Gasteiger partial charge on any atom is -0.370 e. The maximum absolute atomic E-state index is 10.9. The van der Waals surface area contributed by atoms with E-state index in [1.165, 1.54) is 0 Å². The van der Waals surface area contributed by atoms with E-state index in [0.29, 0.717) is 19.6 Å². The van der Waals surface area contributed by atoms with Crippen LogP contribution >= 0.6 is 0 Å². The Labute approximate surface area is 78.1 Å². The Kier molecular flexibility index (Phi) is 8.20. The summed E-state index contributed by atoms with van der Waals surface area (Å²) < 4.78 is 5.01. The van der Waals surface area contributed by atoms with Crippen LogP contribution in [-0.4, -0.2) is 39.3 Å². The highest BCUT2D eigenvalue weighted by atomic mass is 16.5. The fourth-order valence-corrected chi connectivity index (χ4v) is 0.648. The van der Waals surface area contributed by atoms with Gasteiger partial charge < -0.3 is 15.4 Å². The maximum Gasteiger partial charge on any atom is 0.246 e. The number of ether oxygens (including phenoxy) is 1. The molecule has 0 aromatic heterocycles. The van der Waals surface area contributed by atoms with Gasteiger partial charge in [-0.25, -0.2) is 0 Å². The zero-order valence-corrected chi connectivity index (χ0v) is 7.80. The lowest BCUT2D eigenvalue weighted by Crippen LogP contribution is -2.29. The van der Waals surface area contributed by atoms with Crippen molar-refractivity contribution in [1.82, 2.24) is 10.6 Å². The average molecular weight is 185 g/mol. The van der Waals surface area contributed by atoms with Gasteiger partial charge in [0.05, 0.1) is 19.1 Å². The van der Waals surface area contributed by atoms with Crippen LogP contribution in [0.2, 0.25) is 0 Å². The van der Waals surface area contributed by atoms with Gasteiger partial charge in [-0.05, 0) is 7.05 Å². The molecule has 0 aliphatic rings. The first-order chi connectivity index (χ1) is 6.31. The number of nitriles is 1. The molecule has 0 saturated heterocycles. The first kappa shape index (κ1) is 11.9. The number of amides is 1. The van der Waals surface area contributed by atoms with Gasteiger partial charge in [0.2, 0.25) is 5.91 Å². The summed E-state index contributed by atoms with van der Waals surface area (Å²) in [6.45, 7) is 1.70. The van der Waals surface area contributed by atoms with Crippen molar-refractivity contribution >= 4 is 5.91 Å². The van der Waals surface area contributed by atoms with Crippen LogP contribution < -0.4 is 10.6 Å². The molecule has 0 fully saturated rings. The van der Waals surface area contributed by atoms with Crippen LogP contribution in [0.1, 0.15) is 6.42 Å². The van der Waals surface area contributed by atoms with E-state index in [1.807, 2.05) is 13.1 Å². The smallest absolute Gasteiger partial charge is 0.246 e. The summed E-state index contributed by atoms with van der Waals surface area (Å²) in [5.74, 6) is -0.175. The van der Waals surface area contributed by atoms with Crippen LogP contribution in [0.4, 0.5) is 0 Å². The highest BCUT2D eigenvalue weighted by molar-refractivity contribution is 5.77. The number of rotatable bonds is 7. The number of carbonyl (C=O) groups is 1. The first-order valence-electron chi connectivity index (χ1n) is 4.17. The quantitative estimate of drug-likeness (QED) is 0.512. The summed E-state index contributed by atoms with van der Waals surface area (Å²) in [5.41, 5.74) is 0. The number of carbonyl (C=O) groups excluding carboxylic acids is 1. The molecule has 0 aromatic carbocycles. The molecule has 0 spiro atoms. The predicted molar refractivity (Wildman–Crippen MR) is 48.0 cm³/mol. The van der Waals surface area contributed by atoms with Gasteiger partial charge in [0, 0.05) is 13.1 Å². The second-order valence-electron chi connectivity index (χ2n) is 2.41. The van der Waals surface area contributed by atoms with Crippen molar-refractivity contribution in [3.05, 3.63) is 0 Å².